The molecule has 1 rings (SSSR count). The second-order valence-corrected chi connectivity index (χ2v) is 5.05. The Kier molecular flexibility index (Phi) is 6.11. The first-order chi connectivity index (χ1) is 9.40. The molecule has 6 heteroatoms. The Morgan fingerprint density at radius 3 is 2.75 bits per heavy atom. The molecule has 110 valence electrons. The van der Waals surface area contributed by atoms with Gasteiger partial charge in [-0.1, -0.05) is 26.0 Å². The molecule has 0 saturated carbocycles. The standard InChI is InChI=1S/C14H20N2O4/c1-10(2)13(17)6-7-15-14(18)9-11-4-3-5-12(8-11)16(19)20/h3-5,8,10,13,17H,6-7,9H2,1-2H3,(H,15,18). The zero-order chi connectivity index (χ0) is 15.1. The number of aliphatic hydroxyl groups excluding tert-OH is 1. The highest BCUT2D eigenvalue weighted by Gasteiger charge is 2.11. The first-order valence-electron chi connectivity index (χ1n) is 6.58. The van der Waals surface area contributed by atoms with E-state index in [-0.39, 0.29) is 23.9 Å². The molecule has 0 bridgehead atoms. The molecule has 1 atom stereocenters. The van der Waals surface area contributed by atoms with E-state index < -0.39 is 11.0 Å². The van der Waals surface area contributed by atoms with Gasteiger partial charge in [-0.05, 0) is 17.9 Å². The minimum Gasteiger partial charge on any atom is -0.393 e. The third-order valence-corrected chi connectivity index (χ3v) is 3.02. The van der Waals surface area contributed by atoms with E-state index >= 15 is 0 Å². The second kappa shape index (κ2) is 7.59. The molecule has 0 aliphatic heterocycles. The Labute approximate surface area is 118 Å². The number of hydrogen-bond donors (Lipinski definition) is 2. The van der Waals surface area contributed by atoms with Crippen LogP contribution in [0.5, 0.6) is 0 Å². The van der Waals surface area contributed by atoms with Gasteiger partial charge in [-0.25, -0.2) is 0 Å². The molecule has 0 aromatic heterocycles. The van der Waals surface area contributed by atoms with Crippen molar-refractivity contribution in [2.45, 2.75) is 32.8 Å². The number of rotatable bonds is 7. The maximum Gasteiger partial charge on any atom is 0.269 e. The zero-order valence-electron chi connectivity index (χ0n) is 11.7. The van der Waals surface area contributed by atoms with Crippen LogP contribution >= 0.6 is 0 Å². The summed E-state index contributed by atoms with van der Waals surface area (Å²) in [5.41, 5.74) is 0.576. The third kappa shape index (κ3) is 5.36. The molecular formula is C14H20N2O4. The minimum absolute atomic E-state index is 0.0227. The van der Waals surface area contributed by atoms with Crippen LogP contribution in [0.25, 0.3) is 0 Å². The summed E-state index contributed by atoms with van der Waals surface area (Å²) in [5, 5.41) is 22.9. The Hall–Kier alpha value is -1.95. The van der Waals surface area contributed by atoms with Crippen molar-refractivity contribution in [1.29, 1.82) is 0 Å². The van der Waals surface area contributed by atoms with Gasteiger partial charge >= 0.3 is 0 Å². The fraction of sp³-hybridized carbons (Fsp3) is 0.500. The fourth-order valence-corrected chi connectivity index (χ4v) is 1.72. The van der Waals surface area contributed by atoms with Crippen molar-refractivity contribution in [3.05, 3.63) is 39.9 Å². The lowest BCUT2D eigenvalue weighted by Gasteiger charge is -2.14. The molecule has 0 fully saturated rings. The van der Waals surface area contributed by atoms with Crippen molar-refractivity contribution in [3.8, 4) is 0 Å². The van der Waals surface area contributed by atoms with Crippen LogP contribution in [0.4, 0.5) is 5.69 Å². The Bertz CT molecular complexity index is 474. The van der Waals surface area contributed by atoms with E-state index in [1.165, 1.54) is 12.1 Å². The molecule has 1 amide bonds. The van der Waals surface area contributed by atoms with Crippen LogP contribution in [0, 0.1) is 16.0 Å². The van der Waals surface area contributed by atoms with Crippen LogP contribution in [0.15, 0.2) is 24.3 Å². The average molecular weight is 280 g/mol. The highest BCUT2D eigenvalue weighted by molar-refractivity contribution is 5.78. The highest BCUT2D eigenvalue weighted by atomic mass is 16.6. The van der Waals surface area contributed by atoms with Crippen molar-refractivity contribution in [3.63, 3.8) is 0 Å². The van der Waals surface area contributed by atoms with Crippen molar-refractivity contribution in [2.24, 2.45) is 5.92 Å². The van der Waals surface area contributed by atoms with Crippen molar-refractivity contribution >= 4 is 11.6 Å². The first kappa shape index (κ1) is 16.1. The molecule has 1 aromatic rings. The molecule has 20 heavy (non-hydrogen) atoms. The van der Waals surface area contributed by atoms with E-state index in [9.17, 15) is 20.0 Å². The number of amides is 1. The molecule has 0 spiro atoms. The van der Waals surface area contributed by atoms with Crippen molar-refractivity contribution in [2.75, 3.05) is 6.54 Å². The molecule has 1 aromatic carbocycles. The van der Waals surface area contributed by atoms with E-state index in [0.717, 1.165) is 0 Å². The molecule has 0 aliphatic carbocycles. The molecule has 0 saturated heterocycles. The summed E-state index contributed by atoms with van der Waals surface area (Å²) in [5.74, 6) is -0.0508. The number of nitrogens with zero attached hydrogens (tertiary/aromatic N) is 1. The summed E-state index contributed by atoms with van der Waals surface area (Å²) in [6, 6.07) is 6.02. The maximum absolute atomic E-state index is 11.7. The van der Waals surface area contributed by atoms with Gasteiger partial charge < -0.3 is 10.4 Å². The fourth-order valence-electron chi connectivity index (χ4n) is 1.72. The smallest absolute Gasteiger partial charge is 0.269 e. The van der Waals surface area contributed by atoms with Gasteiger partial charge in [-0.3, -0.25) is 14.9 Å². The molecule has 0 heterocycles. The molecular weight excluding hydrogens is 260 g/mol. The largest absolute Gasteiger partial charge is 0.393 e. The van der Waals surface area contributed by atoms with E-state index in [2.05, 4.69) is 5.32 Å². The van der Waals surface area contributed by atoms with Gasteiger partial charge in [0.15, 0.2) is 0 Å². The number of benzene rings is 1. The number of nitro groups is 1. The van der Waals surface area contributed by atoms with Crippen LogP contribution in [0.2, 0.25) is 0 Å². The summed E-state index contributed by atoms with van der Waals surface area (Å²) < 4.78 is 0. The number of carbonyl (C=O) groups is 1. The van der Waals surface area contributed by atoms with Gasteiger partial charge in [0.1, 0.15) is 0 Å². The normalized spacial score (nSPS) is 12.2. The van der Waals surface area contributed by atoms with E-state index in [4.69, 9.17) is 0 Å². The topological polar surface area (TPSA) is 92.5 Å². The van der Waals surface area contributed by atoms with Gasteiger partial charge in [0, 0.05) is 18.7 Å². The van der Waals surface area contributed by atoms with Gasteiger partial charge in [0.25, 0.3) is 5.69 Å². The number of nitrogens with one attached hydrogen (secondary N) is 1. The Morgan fingerprint density at radius 1 is 1.45 bits per heavy atom. The van der Waals surface area contributed by atoms with Crippen LogP contribution in [-0.2, 0) is 11.2 Å². The summed E-state index contributed by atoms with van der Waals surface area (Å²) in [6.07, 6.45) is 0.158. The zero-order valence-corrected chi connectivity index (χ0v) is 11.7. The monoisotopic (exact) mass is 280 g/mol. The van der Waals surface area contributed by atoms with Gasteiger partial charge in [0.2, 0.25) is 5.91 Å². The van der Waals surface area contributed by atoms with Gasteiger partial charge in [-0.15, -0.1) is 0 Å². The predicted octanol–water partition coefficient (Wildman–Crippen LogP) is 1.66. The van der Waals surface area contributed by atoms with Crippen molar-refractivity contribution in [1.82, 2.24) is 5.32 Å². The molecule has 0 radical (unpaired) electrons. The quantitative estimate of drug-likeness (QED) is 0.587. The first-order valence-corrected chi connectivity index (χ1v) is 6.58. The second-order valence-electron chi connectivity index (χ2n) is 5.05. The van der Waals surface area contributed by atoms with E-state index in [1.807, 2.05) is 13.8 Å². The van der Waals surface area contributed by atoms with Crippen molar-refractivity contribution < 1.29 is 14.8 Å². The van der Waals surface area contributed by atoms with Crippen LogP contribution < -0.4 is 5.32 Å². The number of hydrogen-bond acceptors (Lipinski definition) is 4. The number of non-ortho nitro benzene ring substituents is 1. The number of carbonyl (C=O) groups excluding carboxylic acids is 1. The minimum atomic E-state index is -0.486. The maximum atomic E-state index is 11.7. The third-order valence-electron chi connectivity index (χ3n) is 3.02. The lowest BCUT2D eigenvalue weighted by atomic mass is 10.0. The molecule has 0 aliphatic rings. The van der Waals surface area contributed by atoms with Crippen LogP contribution in [0.3, 0.4) is 0 Å². The lowest BCUT2D eigenvalue weighted by molar-refractivity contribution is -0.384. The molecule has 1 unspecified atom stereocenters. The number of aliphatic hydroxyl groups is 1. The van der Waals surface area contributed by atoms with E-state index in [1.54, 1.807) is 12.1 Å². The van der Waals surface area contributed by atoms with Crippen LogP contribution in [0.1, 0.15) is 25.8 Å². The Morgan fingerprint density at radius 2 is 2.15 bits per heavy atom. The summed E-state index contributed by atoms with van der Waals surface area (Å²) >= 11 is 0. The molecule has 2 N–H and O–H groups in total. The lowest BCUT2D eigenvalue weighted by Crippen LogP contribution is -2.29. The average Bonchev–Trinajstić information content (AvgIpc) is 2.38. The molecule has 6 nitrogen and oxygen atoms in total. The Balaban J connectivity index is 2.43. The van der Waals surface area contributed by atoms with Gasteiger partial charge in [0.05, 0.1) is 17.4 Å². The summed E-state index contributed by atoms with van der Waals surface area (Å²) in [6.45, 7) is 4.22. The summed E-state index contributed by atoms with van der Waals surface area (Å²) in [7, 11) is 0. The van der Waals surface area contributed by atoms with E-state index in [0.29, 0.717) is 18.5 Å². The van der Waals surface area contributed by atoms with Crippen LogP contribution in [-0.4, -0.2) is 28.6 Å². The predicted molar refractivity (Wildman–Crippen MR) is 75.3 cm³/mol. The SMILES string of the molecule is CC(C)C(O)CCNC(=O)Cc1cccc([N+](=O)[O-])c1. The summed E-state index contributed by atoms with van der Waals surface area (Å²) in [4.78, 5) is 21.8. The highest BCUT2D eigenvalue weighted by Crippen LogP contribution is 2.13. The number of nitro benzene ring substituents is 1. The van der Waals surface area contributed by atoms with Gasteiger partial charge in [-0.2, -0.15) is 0 Å².